The number of halogens is 1. The number of nitrogens with one attached hydrogen (secondary N) is 1. The van der Waals surface area contributed by atoms with Crippen LogP contribution in [0.25, 0.3) is 0 Å². The maximum Gasteiger partial charge on any atom is 0.220 e. The SMILES string of the molecule is CCC(CCBr)NC(=O)CC1CC2CCC1C2. The Hall–Kier alpha value is -0.0500. The molecule has 0 spiro atoms. The average molecular weight is 302 g/mol. The molecule has 0 saturated heterocycles. The molecule has 98 valence electrons. The maximum absolute atomic E-state index is 12.0. The smallest absolute Gasteiger partial charge is 0.220 e. The quantitative estimate of drug-likeness (QED) is 0.748. The van der Waals surface area contributed by atoms with Gasteiger partial charge in [-0.1, -0.05) is 29.3 Å². The molecule has 4 unspecified atom stereocenters. The fourth-order valence-electron chi connectivity index (χ4n) is 3.66. The fraction of sp³-hybridized carbons (Fsp3) is 0.929. The molecule has 1 N–H and O–H groups in total. The Labute approximate surface area is 113 Å². The van der Waals surface area contributed by atoms with Crippen LogP contribution in [0.3, 0.4) is 0 Å². The van der Waals surface area contributed by atoms with Crippen molar-refractivity contribution in [2.45, 2.75) is 57.9 Å². The van der Waals surface area contributed by atoms with Crippen LogP contribution in [0.2, 0.25) is 0 Å². The zero-order valence-electron chi connectivity index (χ0n) is 10.8. The molecular weight excluding hydrogens is 278 g/mol. The lowest BCUT2D eigenvalue weighted by Crippen LogP contribution is -2.36. The minimum Gasteiger partial charge on any atom is -0.353 e. The minimum atomic E-state index is 0.287. The highest BCUT2D eigenvalue weighted by atomic mass is 79.9. The number of hydrogen-bond donors (Lipinski definition) is 1. The molecule has 0 heterocycles. The van der Waals surface area contributed by atoms with Gasteiger partial charge in [0.1, 0.15) is 0 Å². The van der Waals surface area contributed by atoms with Gasteiger partial charge >= 0.3 is 0 Å². The van der Waals surface area contributed by atoms with E-state index >= 15 is 0 Å². The van der Waals surface area contributed by atoms with Crippen LogP contribution in [-0.4, -0.2) is 17.3 Å². The lowest BCUT2D eigenvalue weighted by atomic mass is 9.86. The lowest BCUT2D eigenvalue weighted by Gasteiger charge is -2.22. The monoisotopic (exact) mass is 301 g/mol. The highest BCUT2D eigenvalue weighted by molar-refractivity contribution is 9.09. The lowest BCUT2D eigenvalue weighted by molar-refractivity contribution is -0.123. The Morgan fingerprint density at radius 3 is 2.76 bits per heavy atom. The van der Waals surface area contributed by atoms with Crippen LogP contribution in [0.4, 0.5) is 0 Å². The van der Waals surface area contributed by atoms with Crippen molar-refractivity contribution in [3.8, 4) is 0 Å². The summed E-state index contributed by atoms with van der Waals surface area (Å²) in [5.74, 6) is 2.79. The van der Waals surface area contributed by atoms with E-state index in [1.54, 1.807) is 0 Å². The number of carbonyl (C=O) groups excluding carboxylic acids is 1. The van der Waals surface area contributed by atoms with Crippen LogP contribution in [-0.2, 0) is 4.79 Å². The largest absolute Gasteiger partial charge is 0.353 e. The summed E-state index contributed by atoms with van der Waals surface area (Å²) in [6.45, 7) is 2.14. The van der Waals surface area contributed by atoms with Crippen molar-refractivity contribution >= 4 is 21.8 Å². The zero-order valence-corrected chi connectivity index (χ0v) is 12.3. The summed E-state index contributed by atoms with van der Waals surface area (Å²) in [4.78, 5) is 12.0. The molecule has 17 heavy (non-hydrogen) atoms. The van der Waals surface area contributed by atoms with E-state index in [4.69, 9.17) is 0 Å². The van der Waals surface area contributed by atoms with Crippen LogP contribution in [0.1, 0.15) is 51.9 Å². The Kier molecular flexibility index (Phi) is 4.89. The summed E-state index contributed by atoms with van der Waals surface area (Å²) >= 11 is 3.44. The van der Waals surface area contributed by atoms with Crippen molar-refractivity contribution in [1.29, 1.82) is 0 Å². The molecule has 2 saturated carbocycles. The maximum atomic E-state index is 12.0. The van der Waals surface area contributed by atoms with E-state index in [1.807, 2.05) is 0 Å². The van der Waals surface area contributed by atoms with Gasteiger partial charge in [0.2, 0.25) is 5.91 Å². The Morgan fingerprint density at radius 2 is 2.24 bits per heavy atom. The molecule has 2 aliphatic rings. The molecule has 2 aliphatic carbocycles. The number of hydrogen-bond acceptors (Lipinski definition) is 1. The zero-order chi connectivity index (χ0) is 12.3. The summed E-state index contributed by atoms with van der Waals surface area (Å²) in [5.41, 5.74) is 0. The highest BCUT2D eigenvalue weighted by Crippen LogP contribution is 2.49. The molecule has 2 fully saturated rings. The van der Waals surface area contributed by atoms with Gasteiger partial charge < -0.3 is 5.32 Å². The molecule has 2 nitrogen and oxygen atoms in total. The van der Waals surface area contributed by atoms with E-state index in [9.17, 15) is 4.79 Å². The van der Waals surface area contributed by atoms with Gasteiger partial charge in [0.05, 0.1) is 0 Å². The van der Waals surface area contributed by atoms with Crippen LogP contribution in [0.15, 0.2) is 0 Å². The van der Waals surface area contributed by atoms with Crippen molar-refractivity contribution in [1.82, 2.24) is 5.32 Å². The first kappa shape index (κ1) is 13.4. The summed E-state index contributed by atoms with van der Waals surface area (Å²) in [6.07, 6.45) is 8.36. The number of carbonyl (C=O) groups is 1. The first-order chi connectivity index (χ1) is 8.22. The Morgan fingerprint density at radius 1 is 1.41 bits per heavy atom. The molecule has 1 amide bonds. The van der Waals surface area contributed by atoms with Gasteiger partial charge in [0.15, 0.2) is 0 Å². The van der Waals surface area contributed by atoms with Crippen LogP contribution in [0, 0.1) is 17.8 Å². The van der Waals surface area contributed by atoms with E-state index in [2.05, 4.69) is 28.2 Å². The van der Waals surface area contributed by atoms with E-state index in [0.29, 0.717) is 12.0 Å². The minimum absolute atomic E-state index is 0.287. The number of alkyl halides is 1. The second kappa shape index (κ2) is 6.21. The van der Waals surface area contributed by atoms with Gasteiger partial charge in [0, 0.05) is 17.8 Å². The predicted octanol–water partition coefficient (Wildman–Crippen LogP) is 3.49. The first-order valence-electron chi connectivity index (χ1n) is 7.08. The summed E-state index contributed by atoms with van der Waals surface area (Å²) in [7, 11) is 0. The van der Waals surface area contributed by atoms with Crippen LogP contribution < -0.4 is 5.32 Å². The molecule has 2 rings (SSSR count). The normalized spacial score (nSPS) is 32.7. The molecule has 0 aromatic heterocycles. The van der Waals surface area contributed by atoms with Crippen LogP contribution in [0.5, 0.6) is 0 Å². The van der Waals surface area contributed by atoms with Crippen LogP contribution >= 0.6 is 15.9 Å². The van der Waals surface area contributed by atoms with E-state index in [0.717, 1.165) is 36.4 Å². The van der Waals surface area contributed by atoms with Gasteiger partial charge in [0.25, 0.3) is 0 Å². The molecule has 0 aromatic rings. The molecule has 0 aromatic carbocycles. The fourth-order valence-corrected chi connectivity index (χ4v) is 4.21. The van der Waals surface area contributed by atoms with Gasteiger partial charge in [-0.2, -0.15) is 0 Å². The average Bonchev–Trinajstić information content (AvgIpc) is 2.90. The van der Waals surface area contributed by atoms with Gasteiger partial charge in [-0.15, -0.1) is 0 Å². The molecule has 0 aliphatic heterocycles. The topological polar surface area (TPSA) is 29.1 Å². The first-order valence-corrected chi connectivity index (χ1v) is 8.20. The number of fused-ring (bicyclic) bond motifs is 2. The van der Waals surface area contributed by atoms with Crippen molar-refractivity contribution < 1.29 is 4.79 Å². The molecule has 0 radical (unpaired) electrons. The van der Waals surface area contributed by atoms with Crippen molar-refractivity contribution in [3.05, 3.63) is 0 Å². The van der Waals surface area contributed by atoms with Crippen molar-refractivity contribution in [2.75, 3.05) is 5.33 Å². The second-order valence-electron chi connectivity index (χ2n) is 5.79. The third kappa shape index (κ3) is 3.46. The summed E-state index contributed by atoms with van der Waals surface area (Å²) in [6, 6.07) is 0.362. The second-order valence-corrected chi connectivity index (χ2v) is 6.58. The molecule has 4 atom stereocenters. The van der Waals surface area contributed by atoms with E-state index in [-0.39, 0.29) is 5.91 Å². The standard InChI is InChI=1S/C14H24BrNO/c1-2-13(5-6-15)16-14(17)9-12-8-10-3-4-11(12)7-10/h10-13H,2-9H2,1H3,(H,16,17). The number of amides is 1. The van der Waals surface area contributed by atoms with Gasteiger partial charge in [-0.05, 0) is 49.9 Å². The van der Waals surface area contributed by atoms with Crippen molar-refractivity contribution in [2.24, 2.45) is 17.8 Å². The molecular formula is C14H24BrNO. The summed E-state index contributed by atoms with van der Waals surface area (Å²) < 4.78 is 0. The number of rotatable bonds is 6. The van der Waals surface area contributed by atoms with Crippen molar-refractivity contribution in [3.63, 3.8) is 0 Å². The predicted molar refractivity (Wildman–Crippen MR) is 74.2 cm³/mol. The highest BCUT2D eigenvalue weighted by Gasteiger charge is 2.40. The third-order valence-corrected chi connectivity index (χ3v) is 5.11. The van der Waals surface area contributed by atoms with E-state index < -0.39 is 0 Å². The Balaban J connectivity index is 1.73. The van der Waals surface area contributed by atoms with Gasteiger partial charge in [-0.3, -0.25) is 4.79 Å². The third-order valence-electron chi connectivity index (χ3n) is 4.65. The summed E-state index contributed by atoms with van der Waals surface area (Å²) in [5, 5.41) is 4.16. The Bertz CT molecular complexity index is 269. The van der Waals surface area contributed by atoms with E-state index in [1.165, 1.54) is 25.7 Å². The molecule has 2 bridgehead atoms. The van der Waals surface area contributed by atoms with Gasteiger partial charge in [-0.25, -0.2) is 0 Å². The molecule has 3 heteroatoms.